The van der Waals surface area contributed by atoms with Crippen molar-refractivity contribution in [3.63, 3.8) is 0 Å². The van der Waals surface area contributed by atoms with Gasteiger partial charge in [-0.25, -0.2) is 4.79 Å². The number of carbonyl (C=O) groups is 1. The highest BCUT2D eigenvalue weighted by Crippen LogP contribution is 2.38. The molecule has 3 aliphatic rings. The lowest BCUT2D eigenvalue weighted by molar-refractivity contribution is 0.257. The molecule has 2 aliphatic carbocycles. The number of likely N-dealkylation sites (N-methyl/N-ethyl adjacent to an activating group) is 1. The van der Waals surface area contributed by atoms with Crippen molar-refractivity contribution in [2.45, 2.75) is 71.3 Å². The van der Waals surface area contributed by atoms with Crippen LogP contribution in [0.25, 0.3) is 0 Å². The molecule has 0 saturated carbocycles. The molecule has 4 rings (SSSR count). The number of hydrogen-bond acceptors (Lipinski definition) is 6. The Bertz CT molecular complexity index is 803. The van der Waals surface area contributed by atoms with Gasteiger partial charge in [-0.05, 0) is 105 Å². The minimum absolute atomic E-state index is 0.109. The molecule has 0 bridgehead atoms. The topological polar surface area (TPSA) is 106 Å². The normalized spacial score (nSPS) is 18.4. The Kier molecular flexibility index (Phi) is 12.2. The van der Waals surface area contributed by atoms with E-state index in [0.717, 1.165) is 44.5 Å². The average molecular weight is 473 g/mol. The molecule has 182 valence electrons. The molecule has 1 unspecified atom stereocenters. The number of fused-ring (bicyclic) bond motifs is 2. The van der Waals surface area contributed by atoms with Crippen LogP contribution in [0.1, 0.15) is 61.8 Å². The van der Waals surface area contributed by atoms with Crippen LogP contribution in [0.5, 0.6) is 0 Å². The largest absolute Gasteiger partial charge is 0.337 e. The van der Waals surface area contributed by atoms with E-state index < -0.39 is 0 Å². The Balaban J connectivity index is 0.000000714. The molecule has 33 heavy (non-hydrogen) atoms. The second kappa shape index (κ2) is 14.8. The van der Waals surface area contributed by atoms with Crippen LogP contribution >= 0.6 is 11.9 Å². The Morgan fingerprint density at radius 1 is 1.21 bits per heavy atom. The number of hydrogen-bond donors (Lipinski definition) is 4. The second-order valence-electron chi connectivity index (χ2n) is 8.21. The van der Waals surface area contributed by atoms with E-state index in [-0.39, 0.29) is 6.03 Å². The summed E-state index contributed by atoms with van der Waals surface area (Å²) < 4.78 is 2.94. The second-order valence-corrected chi connectivity index (χ2v) is 8.93. The first kappa shape index (κ1) is 27.0. The first-order valence-electron chi connectivity index (χ1n) is 12.2. The number of carbonyl (C=O) groups excluding carboxylic acids is 1. The summed E-state index contributed by atoms with van der Waals surface area (Å²) >= 11 is 1.38. The number of likely N-dealkylation sites (tertiary alicyclic amines) is 1. The highest BCUT2D eigenvalue weighted by molar-refractivity contribution is 8.00. The zero-order valence-corrected chi connectivity index (χ0v) is 21.2. The fourth-order valence-electron chi connectivity index (χ4n) is 4.93. The van der Waals surface area contributed by atoms with Crippen LogP contribution in [0.2, 0.25) is 0 Å². The standard InChI is InChI=1S/C22H32N4OS.C2H6.CH2N2/c1-23-11-13-26-12-4-7-18(26)10-14-28-25-22(27)24-21-19-8-2-5-16(19)15-17-6-3-9-20(17)21;1-2;2-1-3/h10,14-15,18,23H,2-9,11-13H2,1H3,(H2,24,25,27);1-2H3;2H2/b14-10+;;. The molecule has 0 aromatic heterocycles. The van der Waals surface area contributed by atoms with Gasteiger partial charge in [0.05, 0.1) is 0 Å². The fourth-order valence-corrected chi connectivity index (χ4v) is 5.41. The minimum atomic E-state index is -0.109. The number of urea groups is 1. The quantitative estimate of drug-likeness (QED) is 0.271. The van der Waals surface area contributed by atoms with Gasteiger partial charge in [-0.3, -0.25) is 9.62 Å². The third-order valence-corrected chi connectivity index (χ3v) is 6.89. The molecule has 1 aromatic carbocycles. The van der Waals surface area contributed by atoms with Gasteiger partial charge in [0, 0.05) is 24.8 Å². The van der Waals surface area contributed by atoms with E-state index in [1.165, 1.54) is 72.6 Å². The van der Waals surface area contributed by atoms with Crippen LogP contribution in [0.3, 0.4) is 0 Å². The number of benzene rings is 1. The molecule has 1 aliphatic heterocycles. The Hall–Kier alpha value is -2.21. The molecule has 1 fully saturated rings. The van der Waals surface area contributed by atoms with Gasteiger partial charge >= 0.3 is 6.03 Å². The highest BCUT2D eigenvalue weighted by Gasteiger charge is 2.25. The van der Waals surface area contributed by atoms with Gasteiger partial charge in [-0.15, -0.1) is 0 Å². The lowest BCUT2D eigenvalue weighted by Gasteiger charge is -2.21. The van der Waals surface area contributed by atoms with Crippen molar-refractivity contribution in [1.29, 1.82) is 5.26 Å². The molecule has 7 nitrogen and oxygen atoms in total. The maximum absolute atomic E-state index is 12.5. The lowest BCUT2D eigenvalue weighted by atomic mass is 9.99. The van der Waals surface area contributed by atoms with Gasteiger partial charge in [-0.1, -0.05) is 26.0 Å². The van der Waals surface area contributed by atoms with Gasteiger partial charge in [0.1, 0.15) is 0 Å². The van der Waals surface area contributed by atoms with Crippen molar-refractivity contribution in [3.8, 4) is 6.19 Å². The summed E-state index contributed by atoms with van der Waals surface area (Å²) in [4.78, 5) is 15.0. The highest BCUT2D eigenvalue weighted by atomic mass is 32.2. The number of nitrogens with one attached hydrogen (secondary N) is 3. The third-order valence-electron chi connectivity index (χ3n) is 6.30. The summed E-state index contributed by atoms with van der Waals surface area (Å²) in [5, 5.41) is 15.5. The molecule has 1 aromatic rings. The average Bonchev–Trinajstić information content (AvgIpc) is 3.58. The van der Waals surface area contributed by atoms with Crippen molar-refractivity contribution in [1.82, 2.24) is 14.9 Å². The maximum atomic E-state index is 12.5. The maximum Gasteiger partial charge on any atom is 0.329 e. The van der Waals surface area contributed by atoms with Crippen LogP contribution in [0, 0.1) is 11.5 Å². The third kappa shape index (κ3) is 7.66. The van der Waals surface area contributed by atoms with Crippen molar-refractivity contribution in [2.75, 3.05) is 32.0 Å². The molecule has 1 saturated heterocycles. The molecule has 1 heterocycles. The van der Waals surface area contributed by atoms with Crippen LogP contribution in [-0.2, 0) is 25.7 Å². The number of anilines is 1. The zero-order chi connectivity index (χ0) is 24.1. The molecular weight excluding hydrogens is 432 g/mol. The van der Waals surface area contributed by atoms with Crippen LogP contribution in [0.4, 0.5) is 10.5 Å². The van der Waals surface area contributed by atoms with Gasteiger partial charge in [-0.2, -0.15) is 5.26 Å². The minimum Gasteiger partial charge on any atom is -0.337 e. The Morgan fingerprint density at radius 2 is 1.85 bits per heavy atom. The molecule has 1 atom stereocenters. The van der Waals surface area contributed by atoms with E-state index in [4.69, 9.17) is 5.26 Å². The SMILES string of the molecule is CC.CNCCN1CCCC1/C=C/SNC(=O)Nc1c2c(cc3c1CCC3)CCC2.N#CN. The lowest BCUT2D eigenvalue weighted by Crippen LogP contribution is -2.33. The summed E-state index contributed by atoms with van der Waals surface area (Å²) in [5.41, 5.74) is 10.9. The van der Waals surface area contributed by atoms with Crippen molar-refractivity contribution < 1.29 is 4.79 Å². The summed E-state index contributed by atoms with van der Waals surface area (Å²) in [5.74, 6) is 0. The summed E-state index contributed by atoms with van der Waals surface area (Å²) in [6, 6.07) is 2.78. The molecule has 2 amide bonds. The van der Waals surface area contributed by atoms with E-state index in [9.17, 15) is 4.79 Å². The summed E-state index contributed by atoms with van der Waals surface area (Å²) in [7, 11) is 2.00. The predicted octanol–water partition coefficient (Wildman–Crippen LogP) is 4.08. The Morgan fingerprint density at radius 3 is 2.45 bits per heavy atom. The molecule has 0 radical (unpaired) electrons. The van der Waals surface area contributed by atoms with Crippen molar-refractivity contribution >= 4 is 23.7 Å². The van der Waals surface area contributed by atoms with E-state index in [0.29, 0.717) is 6.04 Å². The molecule has 5 N–H and O–H groups in total. The predicted molar refractivity (Wildman–Crippen MR) is 139 cm³/mol. The molecule has 8 heteroatoms. The van der Waals surface area contributed by atoms with Gasteiger partial charge in [0.2, 0.25) is 0 Å². The van der Waals surface area contributed by atoms with Gasteiger partial charge in [0.15, 0.2) is 6.19 Å². The summed E-state index contributed by atoms with van der Waals surface area (Å²) in [6.45, 7) is 7.26. The van der Waals surface area contributed by atoms with Crippen LogP contribution in [-0.4, -0.2) is 43.7 Å². The molecular formula is C25H40N6OS. The van der Waals surface area contributed by atoms with Gasteiger partial charge < -0.3 is 16.4 Å². The zero-order valence-electron chi connectivity index (χ0n) is 20.4. The van der Waals surface area contributed by atoms with Crippen LogP contribution < -0.4 is 21.1 Å². The van der Waals surface area contributed by atoms with Crippen LogP contribution in [0.15, 0.2) is 17.6 Å². The van der Waals surface area contributed by atoms with E-state index in [1.54, 1.807) is 0 Å². The number of aryl methyl sites for hydroxylation is 2. The number of amides is 2. The monoisotopic (exact) mass is 472 g/mol. The fraction of sp³-hybridized carbons (Fsp3) is 0.600. The number of rotatable bonds is 7. The number of nitrogens with zero attached hydrogens (tertiary/aromatic N) is 2. The van der Waals surface area contributed by atoms with Crippen molar-refractivity contribution in [3.05, 3.63) is 39.8 Å². The van der Waals surface area contributed by atoms with E-state index >= 15 is 0 Å². The number of nitriles is 1. The molecule has 0 spiro atoms. The summed E-state index contributed by atoms with van der Waals surface area (Å²) in [6.07, 6.45) is 12.8. The van der Waals surface area contributed by atoms with Gasteiger partial charge in [0.25, 0.3) is 0 Å². The smallest absolute Gasteiger partial charge is 0.329 e. The van der Waals surface area contributed by atoms with E-state index in [2.05, 4.69) is 38.1 Å². The first-order chi connectivity index (χ1) is 16.2. The number of nitrogens with two attached hydrogens (primary N) is 1. The van der Waals surface area contributed by atoms with E-state index in [1.807, 2.05) is 26.3 Å². The van der Waals surface area contributed by atoms with Crippen molar-refractivity contribution in [2.24, 2.45) is 5.73 Å². The Labute approximate surface area is 203 Å². The first-order valence-corrected chi connectivity index (χ1v) is 13.1.